The van der Waals surface area contributed by atoms with Crippen molar-refractivity contribution in [3.05, 3.63) is 91.0 Å². The summed E-state index contributed by atoms with van der Waals surface area (Å²) in [6.45, 7) is 7.26. The fourth-order valence-electron chi connectivity index (χ4n) is 3.39. The minimum absolute atomic E-state index is 0.289. The van der Waals surface area contributed by atoms with Crippen molar-refractivity contribution < 1.29 is 18.9 Å². The summed E-state index contributed by atoms with van der Waals surface area (Å²) in [7, 11) is -0.446. The second-order valence-electron chi connectivity index (χ2n) is 7.16. The van der Waals surface area contributed by atoms with Gasteiger partial charge in [0.05, 0.1) is 0 Å². The van der Waals surface area contributed by atoms with Crippen molar-refractivity contribution in [2.24, 2.45) is 0 Å². The van der Waals surface area contributed by atoms with Crippen molar-refractivity contribution in [2.45, 2.75) is 52.9 Å². The first-order valence-corrected chi connectivity index (χ1v) is 11.9. The van der Waals surface area contributed by atoms with Crippen LogP contribution < -0.4 is 15.9 Å². The van der Waals surface area contributed by atoms with Gasteiger partial charge in [-0.3, -0.25) is 0 Å². The molecule has 1 fully saturated rings. The molecule has 0 atom stereocenters. The van der Waals surface area contributed by atoms with Crippen LogP contribution >= 0.6 is 7.92 Å². The fourth-order valence-corrected chi connectivity index (χ4v) is 5.69. The molecule has 3 aromatic carbocycles. The first-order chi connectivity index (χ1) is 15.0. The van der Waals surface area contributed by atoms with E-state index in [1.165, 1.54) is 15.9 Å². The zero-order valence-corrected chi connectivity index (χ0v) is 19.4. The molecule has 0 amide bonds. The van der Waals surface area contributed by atoms with Crippen molar-refractivity contribution in [1.29, 1.82) is 0 Å². The molecule has 1 heterocycles. The topological polar surface area (TPSA) is 36.9 Å². The number of rotatable bonds is 3. The minimum Gasteiger partial charge on any atom is -0.324 e. The third kappa shape index (κ3) is 7.53. The summed E-state index contributed by atoms with van der Waals surface area (Å²) in [5.41, 5.74) is 0. The third-order valence-corrected chi connectivity index (χ3v) is 7.02. The molecule has 0 spiro atoms. The molecule has 0 aromatic heterocycles. The second kappa shape index (κ2) is 12.1. The van der Waals surface area contributed by atoms with Gasteiger partial charge in [0.15, 0.2) is 25.2 Å². The monoisotopic (exact) mass is 438 g/mol. The first-order valence-electron chi connectivity index (χ1n) is 10.6. The van der Waals surface area contributed by atoms with Crippen LogP contribution in [0.3, 0.4) is 0 Å². The maximum absolute atomic E-state index is 5.31. The van der Waals surface area contributed by atoms with E-state index in [2.05, 4.69) is 91.0 Å². The van der Waals surface area contributed by atoms with Gasteiger partial charge in [-0.15, -0.1) is 0 Å². The van der Waals surface area contributed by atoms with E-state index in [4.69, 9.17) is 18.9 Å². The zero-order valence-electron chi connectivity index (χ0n) is 18.5. The highest BCUT2D eigenvalue weighted by molar-refractivity contribution is 7.79. The lowest BCUT2D eigenvalue weighted by Gasteiger charge is -2.30. The number of hydrogen-bond donors (Lipinski definition) is 0. The van der Waals surface area contributed by atoms with Crippen molar-refractivity contribution in [3.63, 3.8) is 0 Å². The van der Waals surface area contributed by atoms with Gasteiger partial charge in [0.25, 0.3) is 0 Å². The Kier molecular flexibility index (Phi) is 9.20. The molecule has 1 saturated heterocycles. The molecule has 1 aliphatic rings. The predicted molar refractivity (Wildman–Crippen MR) is 127 cm³/mol. The standard InChI is InChI=1S/C18H15P.C8H16O4/c1-4-10-16(11-5-1)19(17-12-6-2-7-13-17)18-14-8-3-9-15-18;1-5-9-6(2)11-8(4)12-7(3)10-5/h1-15H;5-8H,1-4H3. The van der Waals surface area contributed by atoms with Gasteiger partial charge >= 0.3 is 0 Å². The van der Waals surface area contributed by atoms with E-state index in [1.54, 1.807) is 0 Å². The molecule has 0 N–H and O–H groups in total. The molecule has 4 rings (SSSR count). The predicted octanol–water partition coefficient (Wildman–Crippen LogP) is 4.90. The van der Waals surface area contributed by atoms with Crippen molar-refractivity contribution >= 4 is 23.8 Å². The molecule has 0 bridgehead atoms. The second-order valence-corrected chi connectivity index (χ2v) is 9.38. The lowest BCUT2D eigenvalue weighted by atomic mass is 10.4. The van der Waals surface area contributed by atoms with Crippen LogP contribution in [0.5, 0.6) is 0 Å². The van der Waals surface area contributed by atoms with Crippen LogP contribution in [0.1, 0.15) is 27.7 Å². The summed E-state index contributed by atoms with van der Waals surface area (Å²) < 4.78 is 21.2. The summed E-state index contributed by atoms with van der Waals surface area (Å²) in [6, 6.07) is 32.3. The maximum atomic E-state index is 5.31. The lowest BCUT2D eigenvalue weighted by molar-refractivity contribution is -0.367. The molecular formula is C26H31O4P. The Morgan fingerprint density at radius 1 is 0.419 bits per heavy atom. The van der Waals surface area contributed by atoms with Crippen LogP contribution in [0.4, 0.5) is 0 Å². The van der Waals surface area contributed by atoms with Gasteiger partial charge in [-0.1, -0.05) is 91.0 Å². The van der Waals surface area contributed by atoms with E-state index in [-0.39, 0.29) is 25.2 Å². The first kappa shape index (κ1) is 23.6. The largest absolute Gasteiger partial charge is 0.324 e. The average Bonchev–Trinajstić information content (AvgIpc) is 2.75. The quantitative estimate of drug-likeness (QED) is 0.546. The molecule has 0 radical (unpaired) electrons. The van der Waals surface area contributed by atoms with E-state index < -0.39 is 7.92 Å². The van der Waals surface area contributed by atoms with E-state index >= 15 is 0 Å². The van der Waals surface area contributed by atoms with Crippen LogP contribution in [0.25, 0.3) is 0 Å². The van der Waals surface area contributed by atoms with Gasteiger partial charge in [0.2, 0.25) is 0 Å². The van der Waals surface area contributed by atoms with E-state index in [0.717, 1.165) is 0 Å². The molecule has 0 unspecified atom stereocenters. The Labute approximate surface area is 186 Å². The minimum atomic E-state index is -0.446. The smallest absolute Gasteiger partial charge is 0.161 e. The summed E-state index contributed by atoms with van der Waals surface area (Å²) in [5, 5.41) is 4.19. The molecule has 31 heavy (non-hydrogen) atoms. The molecule has 5 heteroatoms. The number of hydrogen-bond acceptors (Lipinski definition) is 4. The summed E-state index contributed by atoms with van der Waals surface area (Å²) in [5.74, 6) is 0. The normalized spacial score (nSPS) is 23.9. The van der Waals surface area contributed by atoms with Crippen LogP contribution in [0.15, 0.2) is 91.0 Å². The number of ether oxygens (including phenoxy) is 4. The molecule has 3 aromatic rings. The number of benzene rings is 3. The zero-order chi connectivity index (χ0) is 22.1. The van der Waals surface area contributed by atoms with E-state index in [1.807, 2.05) is 27.7 Å². The highest BCUT2D eigenvalue weighted by Crippen LogP contribution is 2.32. The van der Waals surface area contributed by atoms with Gasteiger partial charge in [0, 0.05) is 0 Å². The van der Waals surface area contributed by atoms with Gasteiger partial charge in [-0.05, 0) is 51.5 Å². The van der Waals surface area contributed by atoms with E-state index in [9.17, 15) is 0 Å². The third-order valence-electron chi connectivity index (χ3n) is 4.58. The molecule has 0 saturated carbocycles. The van der Waals surface area contributed by atoms with Gasteiger partial charge in [-0.2, -0.15) is 0 Å². The molecule has 4 nitrogen and oxygen atoms in total. The molecule has 164 valence electrons. The summed E-state index contributed by atoms with van der Waals surface area (Å²) >= 11 is 0. The average molecular weight is 439 g/mol. The van der Waals surface area contributed by atoms with Gasteiger partial charge in [-0.25, -0.2) is 0 Å². The Hall–Kier alpha value is -2.07. The van der Waals surface area contributed by atoms with Crippen LogP contribution in [0.2, 0.25) is 0 Å². The lowest BCUT2D eigenvalue weighted by Crippen LogP contribution is -2.35. The summed E-state index contributed by atoms with van der Waals surface area (Å²) in [4.78, 5) is 0. The highest BCUT2D eigenvalue weighted by Gasteiger charge is 2.21. The Morgan fingerprint density at radius 2 is 0.645 bits per heavy atom. The van der Waals surface area contributed by atoms with Crippen LogP contribution in [-0.4, -0.2) is 25.2 Å². The van der Waals surface area contributed by atoms with Crippen molar-refractivity contribution in [2.75, 3.05) is 0 Å². The van der Waals surface area contributed by atoms with Crippen molar-refractivity contribution in [3.8, 4) is 0 Å². The van der Waals surface area contributed by atoms with Gasteiger partial charge in [0.1, 0.15) is 0 Å². The van der Waals surface area contributed by atoms with Crippen LogP contribution in [0, 0.1) is 0 Å². The van der Waals surface area contributed by atoms with Gasteiger partial charge < -0.3 is 18.9 Å². The van der Waals surface area contributed by atoms with E-state index in [0.29, 0.717) is 0 Å². The Bertz CT molecular complexity index is 742. The molecule has 1 aliphatic heterocycles. The van der Waals surface area contributed by atoms with Crippen molar-refractivity contribution in [1.82, 2.24) is 0 Å². The molecular weight excluding hydrogens is 407 g/mol. The Balaban J connectivity index is 0.000000196. The fraction of sp³-hybridized carbons (Fsp3) is 0.308. The molecule has 0 aliphatic carbocycles. The highest BCUT2D eigenvalue weighted by atomic mass is 31.1. The maximum Gasteiger partial charge on any atom is 0.161 e. The summed E-state index contributed by atoms with van der Waals surface area (Å²) in [6.07, 6.45) is -1.16. The SMILES string of the molecule is CC1OC(C)OC(C)OC(C)O1.c1ccc(P(c2ccccc2)c2ccccc2)cc1. The van der Waals surface area contributed by atoms with Crippen LogP contribution in [-0.2, 0) is 18.9 Å². The Morgan fingerprint density at radius 3 is 0.871 bits per heavy atom.